The van der Waals surface area contributed by atoms with E-state index in [0.29, 0.717) is 17.2 Å². The summed E-state index contributed by atoms with van der Waals surface area (Å²) in [5, 5.41) is 4.63. The van der Waals surface area contributed by atoms with Gasteiger partial charge in [-0.1, -0.05) is 30.3 Å². The molecule has 1 N–H and O–H groups in total. The lowest BCUT2D eigenvalue weighted by Crippen LogP contribution is -2.31. The zero-order valence-electron chi connectivity index (χ0n) is 16.6. The summed E-state index contributed by atoms with van der Waals surface area (Å²) in [7, 11) is 1.49. The number of hydrogen-bond donors (Lipinski definition) is 1. The molecule has 0 unspecified atom stereocenters. The Morgan fingerprint density at radius 2 is 1.77 bits per heavy atom. The molecular formula is C23H21NO6. The van der Waals surface area contributed by atoms with Crippen molar-refractivity contribution in [3.63, 3.8) is 0 Å². The molecule has 1 aliphatic rings. The topological polar surface area (TPSA) is 83.1 Å². The minimum absolute atomic E-state index is 0.188. The van der Waals surface area contributed by atoms with E-state index in [1.54, 1.807) is 18.2 Å². The van der Waals surface area contributed by atoms with Gasteiger partial charge in [-0.3, -0.25) is 4.79 Å². The van der Waals surface area contributed by atoms with Gasteiger partial charge in [0.1, 0.15) is 11.3 Å². The highest BCUT2D eigenvalue weighted by Gasteiger charge is 2.19. The lowest BCUT2D eigenvalue weighted by molar-refractivity contribution is -0.124. The van der Waals surface area contributed by atoms with Crippen molar-refractivity contribution in [1.82, 2.24) is 5.32 Å². The number of carbonyl (C=O) groups excluding carboxylic acids is 2. The Morgan fingerprint density at radius 3 is 2.53 bits per heavy atom. The van der Waals surface area contributed by atoms with Crippen LogP contribution in [0.5, 0.6) is 17.2 Å². The van der Waals surface area contributed by atoms with Crippen LogP contribution in [0.25, 0.3) is 10.8 Å². The molecule has 30 heavy (non-hydrogen) atoms. The van der Waals surface area contributed by atoms with Gasteiger partial charge in [0.25, 0.3) is 5.91 Å². The van der Waals surface area contributed by atoms with Crippen molar-refractivity contribution in [2.24, 2.45) is 0 Å². The molecule has 0 spiro atoms. The number of carbonyl (C=O) groups is 2. The summed E-state index contributed by atoms with van der Waals surface area (Å²) in [6.45, 7) is 1.63. The number of nitrogens with one attached hydrogen (secondary N) is 1. The van der Waals surface area contributed by atoms with Crippen molar-refractivity contribution in [3.8, 4) is 17.2 Å². The summed E-state index contributed by atoms with van der Waals surface area (Å²) in [5.41, 5.74) is 1.13. The molecule has 7 heteroatoms. The quantitative estimate of drug-likeness (QED) is 0.629. The van der Waals surface area contributed by atoms with Crippen molar-refractivity contribution in [2.45, 2.75) is 13.0 Å². The van der Waals surface area contributed by atoms with E-state index in [0.717, 1.165) is 16.3 Å². The van der Waals surface area contributed by atoms with Crippen LogP contribution in [-0.4, -0.2) is 32.4 Å². The third kappa shape index (κ3) is 4.00. The zero-order chi connectivity index (χ0) is 21.1. The number of rotatable bonds is 6. The highest BCUT2D eigenvalue weighted by atomic mass is 16.7. The fourth-order valence-electron chi connectivity index (χ4n) is 3.31. The van der Waals surface area contributed by atoms with Crippen LogP contribution in [-0.2, 0) is 9.53 Å². The molecule has 1 atom stereocenters. The average Bonchev–Trinajstić information content (AvgIpc) is 3.24. The minimum atomic E-state index is -0.622. The van der Waals surface area contributed by atoms with Crippen LogP contribution in [0, 0.1) is 0 Å². The summed E-state index contributed by atoms with van der Waals surface area (Å²) in [5.74, 6) is 0.684. The largest absolute Gasteiger partial charge is 0.496 e. The van der Waals surface area contributed by atoms with E-state index in [-0.39, 0.29) is 18.4 Å². The second-order valence-electron chi connectivity index (χ2n) is 6.88. The van der Waals surface area contributed by atoms with E-state index < -0.39 is 18.5 Å². The van der Waals surface area contributed by atoms with Gasteiger partial charge in [-0.05, 0) is 47.5 Å². The van der Waals surface area contributed by atoms with Gasteiger partial charge in [0.2, 0.25) is 6.79 Å². The van der Waals surface area contributed by atoms with Crippen molar-refractivity contribution in [2.75, 3.05) is 20.5 Å². The molecule has 3 aromatic carbocycles. The number of benzene rings is 3. The fraction of sp³-hybridized carbons (Fsp3) is 0.217. The average molecular weight is 407 g/mol. The Bertz CT molecular complexity index is 1110. The van der Waals surface area contributed by atoms with E-state index >= 15 is 0 Å². The Labute approximate surface area is 173 Å². The summed E-state index contributed by atoms with van der Waals surface area (Å²) < 4.78 is 21.2. The molecule has 1 amide bonds. The maximum Gasteiger partial charge on any atom is 0.342 e. The van der Waals surface area contributed by atoms with E-state index in [9.17, 15) is 9.59 Å². The molecule has 0 aliphatic carbocycles. The van der Waals surface area contributed by atoms with Crippen molar-refractivity contribution < 1.29 is 28.5 Å². The van der Waals surface area contributed by atoms with Crippen LogP contribution in [0.2, 0.25) is 0 Å². The number of amides is 1. The van der Waals surface area contributed by atoms with E-state index in [2.05, 4.69) is 5.32 Å². The Kier molecular flexibility index (Phi) is 5.43. The molecule has 154 valence electrons. The third-order valence-electron chi connectivity index (χ3n) is 4.90. The molecule has 0 fully saturated rings. The van der Waals surface area contributed by atoms with Gasteiger partial charge in [-0.2, -0.15) is 0 Å². The Morgan fingerprint density at radius 1 is 1.03 bits per heavy atom. The van der Waals surface area contributed by atoms with Gasteiger partial charge in [0.15, 0.2) is 18.1 Å². The number of ether oxygens (including phenoxy) is 4. The zero-order valence-corrected chi connectivity index (χ0v) is 16.6. The van der Waals surface area contributed by atoms with Gasteiger partial charge < -0.3 is 24.3 Å². The van der Waals surface area contributed by atoms with Crippen molar-refractivity contribution in [1.29, 1.82) is 0 Å². The summed E-state index contributed by atoms with van der Waals surface area (Å²) in [6.07, 6.45) is 0. The first-order chi connectivity index (χ1) is 14.5. The maximum absolute atomic E-state index is 12.5. The first-order valence-corrected chi connectivity index (χ1v) is 9.48. The van der Waals surface area contributed by atoms with E-state index in [1.165, 1.54) is 7.11 Å². The normalized spacial score (nSPS) is 13.0. The number of esters is 1. The van der Waals surface area contributed by atoms with E-state index in [4.69, 9.17) is 18.9 Å². The van der Waals surface area contributed by atoms with Gasteiger partial charge in [0, 0.05) is 0 Å². The maximum atomic E-state index is 12.5. The standard InChI is InChI=1S/C23H21NO6/c1-14(15-7-8-19-21(10-15)30-13-29-19)24-22(25)12-28-23(26)18-9-16-5-3-4-6-17(16)11-20(18)27-2/h3-11,14H,12-13H2,1-2H3,(H,24,25)/t14-/m0/s1. The van der Waals surface area contributed by atoms with Crippen molar-refractivity contribution in [3.05, 3.63) is 65.7 Å². The number of fused-ring (bicyclic) bond motifs is 2. The number of hydrogen-bond acceptors (Lipinski definition) is 6. The SMILES string of the molecule is COc1cc2ccccc2cc1C(=O)OCC(=O)N[C@@H](C)c1ccc2c(c1)OCO2. The van der Waals surface area contributed by atoms with Crippen LogP contribution < -0.4 is 19.5 Å². The molecular weight excluding hydrogens is 386 g/mol. The molecule has 3 aromatic rings. The number of methoxy groups -OCH3 is 1. The molecule has 0 aromatic heterocycles. The van der Waals surface area contributed by atoms with Gasteiger partial charge >= 0.3 is 5.97 Å². The lowest BCUT2D eigenvalue weighted by Gasteiger charge is -2.15. The molecule has 7 nitrogen and oxygen atoms in total. The first kappa shape index (κ1) is 19.6. The molecule has 0 bridgehead atoms. The van der Waals surface area contributed by atoms with Crippen LogP contribution in [0.4, 0.5) is 0 Å². The predicted molar refractivity (Wildman–Crippen MR) is 110 cm³/mol. The molecule has 0 saturated carbocycles. The highest BCUT2D eigenvalue weighted by molar-refractivity contribution is 5.99. The van der Waals surface area contributed by atoms with Crippen LogP contribution in [0.15, 0.2) is 54.6 Å². The second-order valence-corrected chi connectivity index (χ2v) is 6.88. The second kappa shape index (κ2) is 8.32. The summed E-state index contributed by atoms with van der Waals surface area (Å²) >= 11 is 0. The smallest absolute Gasteiger partial charge is 0.342 e. The van der Waals surface area contributed by atoms with Gasteiger partial charge in [0.05, 0.1) is 13.2 Å². The minimum Gasteiger partial charge on any atom is -0.496 e. The third-order valence-corrected chi connectivity index (χ3v) is 4.90. The predicted octanol–water partition coefficient (Wildman–Crippen LogP) is 3.61. The highest BCUT2D eigenvalue weighted by Crippen LogP contribution is 2.34. The van der Waals surface area contributed by atoms with Crippen LogP contribution in [0.3, 0.4) is 0 Å². The molecule has 1 heterocycles. The molecule has 0 radical (unpaired) electrons. The Hall–Kier alpha value is -3.74. The molecule has 4 rings (SSSR count). The molecule has 0 saturated heterocycles. The van der Waals surface area contributed by atoms with Gasteiger partial charge in [-0.15, -0.1) is 0 Å². The first-order valence-electron chi connectivity index (χ1n) is 9.48. The lowest BCUT2D eigenvalue weighted by atomic mass is 10.1. The van der Waals surface area contributed by atoms with Gasteiger partial charge in [-0.25, -0.2) is 4.79 Å². The van der Waals surface area contributed by atoms with Crippen molar-refractivity contribution >= 4 is 22.6 Å². The van der Waals surface area contributed by atoms with E-state index in [1.807, 2.05) is 43.3 Å². The molecule has 1 aliphatic heterocycles. The Balaban J connectivity index is 1.39. The van der Waals surface area contributed by atoms with Crippen LogP contribution >= 0.6 is 0 Å². The summed E-state index contributed by atoms with van der Waals surface area (Å²) in [4.78, 5) is 24.8. The fourth-order valence-corrected chi connectivity index (χ4v) is 3.31. The van der Waals surface area contributed by atoms with Crippen LogP contribution in [0.1, 0.15) is 28.9 Å². The monoisotopic (exact) mass is 407 g/mol. The summed E-state index contributed by atoms with van der Waals surface area (Å²) in [6, 6.07) is 16.3.